The lowest BCUT2D eigenvalue weighted by molar-refractivity contribution is 0.355. The van der Waals surface area contributed by atoms with E-state index in [1.54, 1.807) is 22.5 Å². The summed E-state index contributed by atoms with van der Waals surface area (Å²) in [5.41, 5.74) is 2.47. The molecule has 3 aromatic heterocycles. The van der Waals surface area contributed by atoms with Gasteiger partial charge in [-0.1, -0.05) is 11.8 Å². The number of aryl methyl sites for hydroxylation is 1. The number of rotatable bonds is 4. The minimum atomic E-state index is -0.0721. The summed E-state index contributed by atoms with van der Waals surface area (Å²) >= 11 is 1.57. The number of pyridine rings is 1. The summed E-state index contributed by atoms with van der Waals surface area (Å²) in [7, 11) is 0. The number of fused-ring (bicyclic) bond motifs is 1. The molecule has 4 heterocycles. The zero-order valence-corrected chi connectivity index (χ0v) is 15.8. The second-order valence-corrected chi connectivity index (χ2v) is 7.47. The van der Waals surface area contributed by atoms with Crippen molar-refractivity contribution in [1.82, 2.24) is 24.5 Å². The standard InChI is InChI=1S/C18H22N6OS/c1-12-10-15(22-17(20-12)26-2)23-8-5-13(6-9-23)11-24-16-14(21-18(24)25)4-3-7-19-16/h3-4,7,10,13H,5-6,8-9,11H2,1-2H3,(H,21,25). The Labute approximate surface area is 155 Å². The highest BCUT2D eigenvalue weighted by Crippen LogP contribution is 2.25. The second kappa shape index (κ2) is 7.11. The topological polar surface area (TPSA) is 79.7 Å². The van der Waals surface area contributed by atoms with Crippen LogP contribution in [0.15, 0.2) is 34.3 Å². The molecule has 1 aliphatic rings. The molecule has 26 heavy (non-hydrogen) atoms. The number of thioether (sulfide) groups is 1. The molecule has 0 aromatic carbocycles. The molecule has 1 aliphatic heterocycles. The third-order valence-electron chi connectivity index (χ3n) is 4.91. The number of imidazole rings is 1. The Kier molecular flexibility index (Phi) is 4.67. The molecule has 0 atom stereocenters. The van der Waals surface area contributed by atoms with Crippen molar-refractivity contribution in [2.45, 2.75) is 31.5 Å². The third-order valence-corrected chi connectivity index (χ3v) is 5.46. The summed E-state index contributed by atoms with van der Waals surface area (Å²) < 4.78 is 1.77. The molecule has 0 aliphatic carbocycles. The minimum absolute atomic E-state index is 0.0721. The van der Waals surface area contributed by atoms with Crippen LogP contribution < -0.4 is 10.6 Å². The predicted octanol–water partition coefficient (Wildman–Crippen LogP) is 2.46. The van der Waals surface area contributed by atoms with Gasteiger partial charge in [-0.3, -0.25) is 4.57 Å². The highest BCUT2D eigenvalue weighted by molar-refractivity contribution is 7.98. The molecule has 0 amide bonds. The quantitative estimate of drug-likeness (QED) is 0.561. The normalized spacial score (nSPS) is 15.7. The monoisotopic (exact) mass is 370 g/mol. The number of hydrogen-bond donors (Lipinski definition) is 1. The predicted molar refractivity (Wildman–Crippen MR) is 104 cm³/mol. The number of hydrogen-bond acceptors (Lipinski definition) is 6. The van der Waals surface area contributed by atoms with E-state index in [1.165, 1.54) is 0 Å². The lowest BCUT2D eigenvalue weighted by atomic mass is 9.96. The Balaban J connectivity index is 1.46. The molecular formula is C18H22N6OS. The fourth-order valence-electron chi connectivity index (χ4n) is 3.54. The van der Waals surface area contributed by atoms with Crippen molar-refractivity contribution in [3.05, 3.63) is 40.6 Å². The Bertz CT molecular complexity index is 973. The number of anilines is 1. The van der Waals surface area contributed by atoms with E-state index in [-0.39, 0.29) is 5.69 Å². The van der Waals surface area contributed by atoms with Crippen molar-refractivity contribution >= 4 is 28.7 Å². The smallest absolute Gasteiger partial charge is 0.327 e. The maximum absolute atomic E-state index is 12.2. The van der Waals surface area contributed by atoms with Crippen LogP contribution in [0.5, 0.6) is 0 Å². The van der Waals surface area contributed by atoms with Crippen molar-refractivity contribution in [2.24, 2.45) is 5.92 Å². The van der Waals surface area contributed by atoms with Crippen molar-refractivity contribution < 1.29 is 0 Å². The van der Waals surface area contributed by atoms with Gasteiger partial charge in [-0.25, -0.2) is 19.7 Å². The van der Waals surface area contributed by atoms with Gasteiger partial charge in [0.25, 0.3) is 0 Å². The van der Waals surface area contributed by atoms with Crippen LogP contribution >= 0.6 is 11.8 Å². The van der Waals surface area contributed by atoms with E-state index < -0.39 is 0 Å². The van der Waals surface area contributed by atoms with Gasteiger partial charge < -0.3 is 9.88 Å². The number of piperidine rings is 1. The summed E-state index contributed by atoms with van der Waals surface area (Å²) in [4.78, 5) is 30.9. The molecule has 0 saturated carbocycles. The summed E-state index contributed by atoms with van der Waals surface area (Å²) in [6.07, 6.45) is 5.79. The highest BCUT2D eigenvalue weighted by atomic mass is 32.2. The summed E-state index contributed by atoms with van der Waals surface area (Å²) in [5, 5.41) is 0.818. The van der Waals surface area contributed by atoms with E-state index in [2.05, 4.69) is 24.8 Å². The average Bonchev–Trinajstić information content (AvgIpc) is 2.97. The van der Waals surface area contributed by atoms with Crippen molar-refractivity contribution in [3.63, 3.8) is 0 Å². The fourth-order valence-corrected chi connectivity index (χ4v) is 3.96. The van der Waals surface area contributed by atoms with Gasteiger partial charge in [-0.2, -0.15) is 0 Å². The molecule has 7 nitrogen and oxygen atoms in total. The zero-order valence-electron chi connectivity index (χ0n) is 15.0. The van der Waals surface area contributed by atoms with E-state index in [9.17, 15) is 4.79 Å². The van der Waals surface area contributed by atoms with Crippen LogP contribution in [0.1, 0.15) is 18.5 Å². The first-order chi connectivity index (χ1) is 12.6. The van der Waals surface area contributed by atoms with E-state index in [4.69, 9.17) is 0 Å². The van der Waals surface area contributed by atoms with E-state index in [0.717, 1.165) is 53.8 Å². The summed E-state index contributed by atoms with van der Waals surface area (Å²) in [6, 6.07) is 5.78. The van der Waals surface area contributed by atoms with Gasteiger partial charge in [0.2, 0.25) is 0 Å². The first kappa shape index (κ1) is 17.1. The zero-order chi connectivity index (χ0) is 18.1. The van der Waals surface area contributed by atoms with Gasteiger partial charge >= 0.3 is 5.69 Å². The molecule has 4 rings (SSSR count). The highest BCUT2D eigenvalue weighted by Gasteiger charge is 2.22. The van der Waals surface area contributed by atoms with Crippen LogP contribution in [0.2, 0.25) is 0 Å². The Morgan fingerprint density at radius 2 is 2.12 bits per heavy atom. The van der Waals surface area contributed by atoms with Crippen LogP contribution in [-0.4, -0.2) is 43.8 Å². The average molecular weight is 370 g/mol. The maximum atomic E-state index is 12.2. The lowest BCUT2D eigenvalue weighted by Gasteiger charge is -2.33. The molecule has 1 fully saturated rings. The van der Waals surface area contributed by atoms with Crippen LogP contribution in [0.25, 0.3) is 11.2 Å². The van der Waals surface area contributed by atoms with Gasteiger partial charge in [-0.05, 0) is 44.1 Å². The largest absolute Gasteiger partial charge is 0.356 e. The maximum Gasteiger partial charge on any atom is 0.327 e. The van der Waals surface area contributed by atoms with Crippen molar-refractivity contribution in [2.75, 3.05) is 24.2 Å². The lowest BCUT2D eigenvalue weighted by Crippen LogP contribution is -2.36. The van der Waals surface area contributed by atoms with Crippen LogP contribution in [0.4, 0.5) is 5.82 Å². The molecule has 136 valence electrons. The van der Waals surface area contributed by atoms with Crippen molar-refractivity contribution in [1.29, 1.82) is 0 Å². The third kappa shape index (κ3) is 3.33. The molecule has 1 saturated heterocycles. The number of aromatic amines is 1. The van der Waals surface area contributed by atoms with Gasteiger partial charge in [0, 0.05) is 37.6 Å². The van der Waals surface area contributed by atoms with Gasteiger partial charge in [0.1, 0.15) is 5.82 Å². The first-order valence-corrected chi connectivity index (χ1v) is 10.0. The number of nitrogens with zero attached hydrogens (tertiary/aromatic N) is 5. The number of aromatic nitrogens is 5. The van der Waals surface area contributed by atoms with Crippen LogP contribution in [0.3, 0.4) is 0 Å². The minimum Gasteiger partial charge on any atom is -0.356 e. The molecular weight excluding hydrogens is 348 g/mol. The second-order valence-electron chi connectivity index (χ2n) is 6.70. The summed E-state index contributed by atoms with van der Waals surface area (Å²) in [6.45, 7) is 4.61. The van der Waals surface area contributed by atoms with Crippen LogP contribution in [0, 0.1) is 12.8 Å². The SMILES string of the molecule is CSc1nc(C)cc(N2CCC(Cn3c(=O)[nH]c4cccnc43)CC2)n1. The molecule has 8 heteroatoms. The number of H-pyrrole nitrogens is 1. The van der Waals surface area contributed by atoms with Gasteiger partial charge in [0.05, 0.1) is 5.52 Å². The van der Waals surface area contributed by atoms with Crippen LogP contribution in [-0.2, 0) is 6.54 Å². The Morgan fingerprint density at radius 3 is 2.88 bits per heavy atom. The molecule has 0 unspecified atom stereocenters. The number of nitrogens with one attached hydrogen (secondary N) is 1. The van der Waals surface area contributed by atoms with E-state index in [0.29, 0.717) is 12.5 Å². The molecule has 3 aromatic rings. The molecule has 1 N–H and O–H groups in total. The van der Waals surface area contributed by atoms with Crippen molar-refractivity contribution in [3.8, 4) is 0 Å². The Hall–Kier alpha value is -2.35. The fraction of sp³-hybridized carbons (Fsp3) is 0.444. The molecule has 0 radical (unpaired) electrons. The first-order valence-electron chi connectivity index (χ1n) is 8.82. The van der Waals surface area contributed by atoms with Gasteiger partial charge in [-0.15, -0.1) is 0 Å². The van der Waals surface area contributed by atoms with E-state index in [1.807, 2.05) is 31.4 Å². The Morgan fingerprint density at radius 1 is 1.31 bits per heavy atom. The molecule has 0 spiro atoms. The van der Waals surface area contributed by atoms with Gasteiger partial charge in [0.15, 0.2) is 10.8 Å². The summed E-state index contributed by atoms with van der Waals surface area (Å²) in [5.74, 6) is 1.47. The van der Waals surface area contributed by atoms with E-state index >= 15 is 0 Å². The molecule has 0 bridgehead atoms.